The van der Waals surface area contributed by atoms with Crippen molar-refractivity contribution in [2.45, 2.75) is 64.3 Å². The Kier molecular flexibility index (Phi) is 6.35. The maximum Gasteiger partial charge on any atom is 0.279 e. The lowest BCUT2D eigenvalue weighted by atomic mass is 9.97. The summed E-state index contributed by atoms with van der Waals surface area (Å²) in [7, 11) is -3.58. The number of piperidine rings is 1. The van der Waals surface area contributed by atoms with Crippen LogP contribution in [0.4, 0.5) is 0 Å². The van der Waals surface area contributed by atoms with Crippen molar-refractivity contribution in [2.24, 2.45) is 0 Å². The van der Waals surface area contributed by atoms with E-state index in [2.05, 4.69) is 29.5 Å². The van der Waals surface area contributed by atoms with Gasteiger partial charge in [-0.2, -0.15) is 17.4 Å². The minimum Gasteiger partial charge on any atom is -0.390 e. The minimum atomic E-state index is -3.58. The summed E-state index contributed by atoms with van der Waals surface area (Å²) in [6.45, 7) is 5.78. The molecule has 2 aliphatic rings. The normalized spacial score (nSPS) is 26.4. The Hall–Kier alpha value is -0.990. The molecule has 0 aliphatic carbocycles. The van der Waals surface area contributed by atoms with E-state index < -0.39 is 16.3 Å². The number of fused-ring (bicyclic) bond motifs is 1. The Bertz CT molecular complexity index is 700. The van der Waals surface area contributed by atoms with Crippen LogP contribution in [0.15, 0.2) is 24.3 Å². The Morgan fingerprint density at radius 1 is 1.19 bits per heavy atom. The molecule has 6 nitrogen and oxygen atoms in total. The zero-order valence-corrected chi connectivity index (χ0v) is 16.6. The molecule has 146 valence electrons. The molecule has 2 heterocycles. The van der Waals surface area contributed by atoms with Crippen LogP contribution in [0.2, 0.25) is 0 Å². The van der Waals surface area contributed by atoms with E-state index in [1.54, 1.807) is 0 Å². The van der Waals surface area contributed by atoms with Crippen LogP contribution in [-0.4, -0.2) is 60.6 Å². The summed E-state index contributed by atoms with van der Waals surface area (Å²) < 4.78 is 29.3. The van der Waals surface area contributed by atoms with Crippen LogP contribution in [0.25, 0.3) is 0 Å². The van der Waals surface area contributed by atoms with Crippen LogP contribution in [-0.2, 0) is 23.2 Å². The maximum absolute atomic E-state index is 12.6. The van der Waals surface area contributed by atoms with Crippen molar-refractivity contribution in [1.29, 1.82) is 0 Å². The Balaban J connectivity index is 1.53. The zero-order chi connectivity index (χ0) is 18.7. The van der Waals surface area contributed by atoms with E-state index in [-0.39, 0.29) is 6.54 Å². The smallest absolute Gasteiger partial charge is 0.279 e. The predicted molar refractivity (Wildman–Crippen MR) is 103 cm³/mol. The molecule has 1 fully saturated rings. The van der Waals surface area contributed by atoms with Gasteiger partial charge in [-0.05, 0) is 44.2 Å². The van der Waals surface area contributed by atoms with Crippen LogP contribution >= 0.6 is 0 Å². The molecular formula is C19H31N3O3S. The highest BCUT2D eigenvalue weighted by molar-refractivity contribution is 7.87. The van der Waals surface area contributed by atoms with E-state index in [0.29, 0.717) is 31.7 Å². The van der Waals surface area contributed by atoms with Crippen molar-refractivity contribution >= 4 is 10.2 Å². The summed E-state index contributed by atoms with van der Waals surface area (Å²) in [5.74, 6) is 0. The molecule has 2 aliphatic heterocycles. The molecule has 0 bridgehead atoms. The van der Waals surface area contributed by atoms with Crippen molar-refractivity contribution in [3.8, 4) is 0 Å². The first-order chi connectivity index (χ1) is 12.4. The Morgan fingerprint density at radius 2 is 1.85 bits per heavy atom. The maximum atomic E-state index is 12.6. The second kappa shape index (κ2) is 8.35. The van der Waals surface area contributed by atoms with E-state index in [9.17, 15) is 13.5 Å². The van der Waals surface area contributed by atoms with Crippen LogP contribution in [0.3, 0.4) is 0 Å². The number of aliphatic hydroxyl groups excluding tert-OH is 1. The first-order valence-electron chi connectivity index (χ1n) is 9.62. The number of benzene rings is 1. The molecule has 0 radical (unpaired) electrons. The van der Waals surface area contributed by atoms with Crippen LogP contribution in [0.1, 0.15) is 44.2 Å². The molecule has 0 amide bonds. The molecule has 3 atom stereocenters. The summed E-state index contributed by atoms with van der Waals surface area (Å²) in [6.07, 6.45) is 3.51. The summed E-state index contributed by atoms with van der Waals surface area (Å²) in [5.41, 5.74) is 2.27. The molecule has 7 heteroatoms. The molecule has 0 spiro atoms. The number of β-amino-alcohol motifs (C(OH)–C–C–N with tert-alkyl or cyclic N) is 1. The predicted octanol–water partition coefficient (Wildman–Crippen LogP) is 1.50. The van der Waals surface area contributed by atoms with Gasteiger partial charge in [0.1, 0.15) is 0 Å². The van der Waals surface area contributed by atoms with E-state index in [1.807, 2.05) is 18.2 Å². The fourth-order valence-corrected chi connectivity index (χ4v) is 5.34. The molecule has 1 aromatic rings. The molecule has 0 aromatic heterocycles. The van der Waals surface area contributed by atoms with E-state index >= 15 is 0 Å². The van der Waals surface area contributed by atoms with Crippen LogP contribution in [0.5, 0.6) is 0 Å². The third-order valence-corrected chi connectivity index (χ3v) is 7.26. The van der Waals surface area contributed by atoms with Gasteiger partial charge in [-0.3, -0.25) is 4.90 Å². The highest BCUT2D eigenvalue weighted by Crippen LogP contribution is 2.23. The SMILES string of the molecule is C[C@@H]1CCC[C@H](C)N1C[C@@H](O)CNS(=O)(=O)N1CCc2ccccc2C1. The third kappa shape index (κ3) is 4.64. The van der Waals surface area contributed by atoms with Gasteiger partial charge in [-0.15, -0.1) is 0 Å². The molecule has 3 rings (SSSR count). The second-order valence-corrected chi connectivity index (χ2v) is 9.44. The van der Waals surface area contributed by atoms with Crippen LogP contribution in [0, 0.1) is 0 Å². The van der Waals surface area contributed by atoms with Gasteiger partial charge in [-0.1, -0.05) is 30.7 Å². The molecule has 1 aromatic carbocycles. The van der Waals surface area contributed by atoms with Gasteiger partial charge in [0.05, 0.1) is 6.10 Å². The number of nitrogens with zero attached hydrogens (tertiary/aromatic N) is 2. The number of hydrogen-bond acceptors (Lipinski definition) is 4. The van der Waals surface area contributed by atoms with Crippen molar-refractivity contribution < 1.29 is 13.5 Å². The first-order valence-corrected chi connectivity index (χ1v) is 11.1. The fraction of sp³-hybridized carbons (Fsp3) is 0.684. The Morgan fingerprint density at radius 3 is 2.54 bits per heavy atom. The average Bonchev–Trinajstić information content (AvgIpc) is 2.63. The van der Waals surface area contributed by atoms with E-state index in [4.69, 9.17) is 0 Å². The highest BCUT2D eigenvalue weighted by Gasteiger charge is 2.29. The molecule has 0 saturated carbocycles. The fourth-order valence-electron chi connectivity index (χ4n) is 4.11. The number of rotatable bonds is 6. The second-order valence-electron chi connectivity index (χ2n) is 7.69. The lowest BCUT2D eigenvalue weighted by molar-refractivity contribution is 0.0436. The Labute approximate surface area is 157 Å². The first kappa shape index (κ1) is 19.8. The van der Waals surface area contributed by atoms with Gasteiger partial charge in [0, 0.05) is 38.3 Å². The largest absolute Gasteiger partial charge is 0.390 e. The highest BCUT2D eigenvalue weighted by atomic mass is 32.2. The van der Waals surface area contributed by atoms with E-state index in [1.165, 1.54) is 16.3 Å². The van der Waals surface area contributed by atoms with Crippen molar-refractivity contribution in [1.82, 2.24) is 13.9 Å². The quantitative estimate of drug-likeness (QED) is 0.783. The summed E-state index contributed by atoms with van der Waals surface area (Å²) in [5, 5.41) is 10.4. The molecular weight excluding hydrogens is 350 g/mol. The molecule has 0 unspecified atom stereocenters. The zero-order valence-electron chi connectivity index (χ0n) is 15.8. The lowest BCUT2D eigenvalue weighted by Crippen LogP contribution is -2.51. The van der Waals surface area contributed by atoms with Crippen molar-refractivity contribution in [3.05, 3.63) is 35.4 Å². The lowest BCUT2D eigenvalue weighted by Gasteiger charge is -2.40. The monoisotopic (exact) mass is 381 g/mol. The van der Waals surface area contributed by atoms with Gasteiger partial charge >= 0.3 is 0 Å². The van der Waals surface area contributed by atoms with Gasteiger partial charge in [-0.25, -0.2) is 0 Å². The molecule has 26 heavy (non-hydrogen) atoms. The minimum absolute atomic E-state index is 0.0520. The standard InChI is InChI=1S/C19H31N3O3S/c1-15-6-5-7-16(2)22(15)14-19(23)12-20-26(24,25)21-11-10-17-8-3-4-9-18(17)13-21/h3-4,8-9,15-16,19-20,23H,5-7,10-14H2,1-2H3/t15-,16+,19-/m0/s1. The summed E-state index contributed by atoms with van der Waals surface area (Å²) in [6, 6.07) is 8.82. The summed E-state index contributed by atoms with van der Waals surface area (Å²) >= 11 is 0. The molecule has 1 saturated heterocycles. The van der Waals surface area contributed by atoms with Gasteiger partial charge in [0.2, 0.25) is 0 Å². The topological polar surface area (TPSA) is 72.9 Å². The van der Waals surface area contributed by atoms with Gasteiger partial charge in [0.15, 0.2) is 0 Å². The molecule has 2 N–H and O–H groups in total. The van der Waals surface area contributed by atoms with E-state index in [0.717, 1.165) is 24.8 Å². The number of aliphatic hydroxyl groups is 1. The number of nitrogens with one attached hydrogen (secondary N) is 1. The van der Waals surface area contributed by atoms with Gasteiger partial charge in [0.25, 0.3) is 10.2 Å². The number of hydrogen-bond donors (Lipinski definition) is 2. The third-order valence-electron chi connectivity index (χ3n) is 5.73. The van der Waals surface area contributed by atoms with Crippen molar-refractivity contribution in [2.75, 3.05) is 19.6 Å². The van der Waals surface area contributed by atoms with Gasteiger partial charge < -0.3 is 5.11 Å². The van der Waals surface area contributed by atoms with Crippen molar-refractivity contribution in [3.63, 3.8) is 0 Å². The average molecular weight is 382 g/mol. The van der Waals surface area contributed by atoms with Crippen LogP contribution < -0.4 is 4.72 Å². The number of likely N-dealkylation sites (tertiary alicyclic amines) is 1. The summed E-state index contributed by atoms with van der Waals surface area (Å²) in [4.78, 5) is 2.29.